The highest BCUT2D eigenvalue weighted by Gasteiger charge is 2.14. The Kier molecular flexibility index (Phi) is 5.56. The van der Waals surface area contributed by atoms with Crippen molar-refractivity contribution in [3.63, 3.8) is 0 Å². The van der Waals surface area contributed by atoms with Crippen molar-refractivity contribution in [3.8, 4) is 17.2 Å². The summed E-state index contributed by atoms with van der Waals surface area (Å²) in [4.78, 5) is 12.2. The highest BCUT2D eigenvalue weighted by molar-refractivity contribution is 5.87. The van der Waals surface area contributed by atoms with Gasteiger partial charge in [0.15, 0.2) is 17.6 Å². The van der Waals surface area contributed by atoms with Crippen LogP contribution in [0.1, 0.15) is 12.5 Å². The molecule has 0 saturated carbocycles. The van der Waals surface area contributed by atoms with E-state index in [4.69, 9.17) is 9.47 Å². The maximum atomic E-state index is 12.2. The second-order valence-corrected chi connectivity index (χ2v) is 5.90. The van der Waals surface area contributed by atoms with Crippen molar-refractivity contribution in [2.45, 2.75) is 13.0 Å². The third-order valence-electron chi connectivity index (χ3n) is 4.03. The molecule has 0 saturated heterocycles. The number of nitrogens with zero attached hydrogens (tertiary/aromatic N) is 1. The van der Waals surface area contributed by atoms with Gasteiger partial charge in [-0.05, 0) is 42.0 Å². The molecule has 0 aliphatic heterocycles. The van der Waals surface area contributed by atoms with Gasteiger partial charge in [0.05, 0.1) is 13.3 Å². The third-order valence-corrected chi connectivity index (χ3v) is 4.03. The summed E-state index contributed by atoms with van der Waals surface area (Å²) in [6.07, 6.45) is 0.612. The van der Waals surface area contributed by atoms with Gasteiger partial charge in [0.25, 0.3) is 5.91 Å². The van der Waals surface area contributed by atoms with Gasteiger partial charge in [-0.25, -0.2) is 5.43 Å². The summed E-state index contributed by atoms with van der Waals surface area (Å²) < 4.78 is 10.7. The Bertz CT molecular complexity index is 985. The van der Waals surface area contributed by atoms with Gasteiger partial charge in [-0.1, -0.05) is 36.4 Å². The summed E-state index contributed by atoms with van der Waals surface area (Å²) in [5, 5.41) is 16.0. The van der Waals surface area contributed by atoms with E-state index >= 15 is 0 Å². The fraction of sp³-hybridized carbons (Fsp3) is 0.143. The summed E-state index contributed by atoms with van der Waals surface area (Å²) in [6, 6.07) is 18.6. The van der Waals surface area contributed by atoms with Crippen LogP contribution in [0.2, 0.25) is 0 Å². The number of nitrogens with one attached hydrogen (secondary N) is 1. The molecule has 0 radical (unpaired) electrons. The van der Waals surface area contributed by atoms with Crippen molar-refractivity contribution in [1.29, 1.82) is 0 Å². The Labute approximate surface area is 157 Å². The van der Waals surface area contributed by atoms with E-state index < -0.39 is 12.0 Å². The van der Waals surface area contributed by atoms with Crippen molar-refractivity contribution in [2.24, 2.45) is 5.10 Å². The minimum atomic E-state index is -0.734. The van der Waals surface area contributed by atoms with Crippen molar-refractivity contribution in [3.05, 3.63) is 66.2 Å². The first-order valence-corrected chi connectivity index (χ1v) is 8.43. The molecule has 3 aromatic rings. The monoisotopic (exact) mass is 364 g/mol. The maximum absolute atomic E-state index is 12.2. The predicted molar refractivity (Wildman–Crippen MR) is 104 cm³/mol. The van der Waals surface area contributed by atoms with Gasteiger partial charge in [-0.15, -0.1) is 0 Å². The fourth-order valence-electron chi connectivity index (χ4n) is 2.56. The lowest BCUT2D eigenvalue weighted by atomic mass is 10.1. The molecular weight excluding hydrogens is 344 g/mol. The Morgan fingerprint density at radius 3 is 2.67 bits per heavy atom. The second-order valence-electron chi connectivity index (χ2n) is 5.90. The Hall–Kier alpha value is -3.54. The first-order chi connectivity index (χ1) is 13.1. The zero-order valence-corrected chi connectivity index (χ0v) is 15.0. The quantitative estimate of drug-likeness (QED) is 0.518. The lowest BCUT2D eigenvalue weighted by molar-refractivity contribution is -0.127. The number of hydrogen-bond donors (Lipinski definition) is 2. The Balaban J connectivity index is 1.62. The Morgan fingerprint density at radius 1 is 1.11 bits per heavy atom. The van der Waals surface area contributed by atoms with E-state index in [0.717, 1.165) is 10.8 Å². The molecule has 6 nitrogen and oxygen atoms in total. The van der Waals surface area contributed by atoms with E-state index in [2.05, 4.69) is 10.5 Å². The number of fused-ring (bicyclic) bond motifs is 1. The minimum absolute atomic E-state index is 0.0431. The molecule has 138 valence electrons. The van der Waals surface area contributed by atoms with Crippen LogP contribution < -0.4 is 14.9 Å². The summed E-state index contributed by atoms with van der Waals surface area (Å²) in [7, 11) is 1.46. The maximum Gasteiger partial charge on any atom is 0.280 e. The van der Waals surface area contributed by atoms with Gasteiger partial charge < -0.3 is 14.6 Å². The smallest absolute Gasteiger partial charge is 0.280 e. The molecule has 0 fully saturated rings. The second kappa shape index (κ2) is 8.23. The van der Waals surface area contributed by atoms with Crippen LogP contribution in [0.15, 0.2) is 65.8 Å². The first-order valence-electron chi connectivity index (χ1n) is 8.43. The van der Waals surface area contributed by atoms with E-state index in [1.807, 2.05) is 42.5 Å². The van der Waals surface area contributed by atoms with E-state index in [-0.39, 0.29) is 5.75 Å². The molecule has 0 heterocycles. The van der Waals surface area contributed by atoms with Crippen LogP contribution >= 0.6 is 0 Å². The number of aromatic hydroxyl groups is 1. The molecule has 0 spiro atoms. The number of para-hydroxylation sites is 1. The molecule has 3 aromatic carbocycles. The summed E-state index contributed by atoms with van der Waals surface area (Å²) in [5.74, 6) is 0.490. The number of benzene rings is 3. The number of phenolic OH excluding ortho intramolecular Hbond substituents is 1. The average molecular weight is 364 g/mol. The largest absolute Gasteiger partial charge is 0.504 e. The molecule has 1 atom stereocenters. The average Bonchev–Trinajstić information content (AvgIpc) is 2.69. The van der Waals surface area contributed by atoms with Gasteiger partial charge in [0, 0.05) is 5.56 Å². The number of hydrogen-bond acceptors (Lipinski definition) is 5. The molecule has 0 aliphatic rings. The summed E-state index contributed by atoms with van der Waals surface area (Å²) in [5.41, 5.74) is 2.84. The fourth-order valence-corrected chi connectivity index (χ4v) is 2.56. The number of rotatable bonds is 6. The summed E-state index contributed by atoms with van der Waals surface area (Å²) >= 11 is 0. The van der Waals surface area contributed by atoms with Crippen molar-refractivity contribution < 1.29 is 19.4 Å². The minimum Gasteiger partial charge on any atom is -0.504 e. The topological polar surface area (TPSA) is 80.2 Å². The van der Waals surface area contributed by atoms with E-state index in [9.17, 15) is 9.90 Å². The number of methoxy groups -OCH3 is 1. The van der Waals surface area contributed by atoms with Crippen LogP contribution in [-0.2, 0) is 4.79 Å². The molecular formula is C21H20N2O4. The molecule has 0 aromatic heterocycles. The highest BCUT2D eigenvalue weighted by Crippen LogP contribution is 2.28. The van der Waals surface area contributed by atoms with Crippen LogP contribution in [0.3, 0.4) is 0 Å². The standard InChI is InChI=1S/C21H20N2O4/c1-14(27-18-11-10-15-6-3-4-7-16(15)12-18)21(25)23-22-13-17-8-5-9-19(26-2)20(17)24/h3-14,24H,1-2H3,(H,23,25)/b22-13+. The van der Waals surface area contributed by atoms with Crippen LogP contribution in [0.5, 0.6) is 17.2 Å². The van der Waals surface area contributed by atoms with Gasteiger partial charge in [-0.3, -0.25) is 4.79 Å². The lowest BCUT2D eigenvalue weighted by Gasteiger charge is -2.13. The van der Waals surface area contributed by atoms with Crippen LogP contribution in [0, 0.1) is 0 Å². The molecule has 1 amide bonds. The van der Waals surface area contributed by atoms with E-state index in [0.29, 0.717) is 17.1 Å². The van der Waals surface area contributed by atoms with Crippen molar-refractivity contribution >= 4 is 22.9 Å². The molecule has 3 rings (SSSR count). The number of carbonyl (C=O) groups is 1. The van der Waals surface area contributed by atoms with Gasteiger partial charge in [0.2, 0.25) is 0 Å². The number of phenols is 1. The van der Waals surface area contributed by atoms with Crippen LogP contribution in [0.4, 0.5) is 0 Å². The zero-order chi connectivity index (χ0) is 19.2. The molecule has 6 heteroatoms. The molecule has 1 unspecified atom stereocenters. The number of carbonyl (C=O) groups excluding carboxylic acids is 1. The van der Waals surface area contributed by atoms with Crippen molar-refractivity contribution in [1.82, 2.24) is 5.43 Å². The van der Waals surface area contributed by atoms with Crippen LogP contribution in [0.25, 0.3) is 10.8 Å². The SMILES string of the molecule is COc1cccc(/C=N/NC(=O)C(C)Oc2ccc3ccccc3c2)c1O. The molecule has 27 heavy (non-hydrogen) atoms. The van der Waals surface area contributed by atoms with Crippen molar-refractivity contribution in [2.75, 3.05) is 7.11 Å². The zero-order valence-electron chi connectivity index (χ0n) is 15.0. The lowest BCUT2D eigenvalue weighted by Crippen LogP contribution is -2.33. The number of hydrazone groups is 1. The van der Waals surface area contributed by atoms with Gasteiger partial charge in [-0.2, -0.15) is 5.10 Å². The van der Waals surface area contributed by atoms with Crippen LogP contribution in [-0.4, -0.2) is 30.4 Å². The van der Waals surface area contributed by atoms with Gasteiger partial charge in [0.1, 0.15) is 5.75 Å². The number of amides is 1. The van der Waals surface area contributed by atoms with Gasteiger partial charge >= 0.3 is 0 Å². The third kappa shape index (κ3) is 4.36. The first kappa shape index (κ1) is 18.3. The molecule has 0 bridgehead atoms. The van der Waals surface area contributed by atoms with E-state index in [1.54, 1.807) is 25.1 Å². The summed E-state index contributed by atoms with van der Waals surface area (Å²) in [6.45, 7) is 1.64. The Morgan fingerprint density at radius 2 is 1.89 bits per heavy atom. The van der Waals surface area contributed by atoms with E-state index in [1.165, 1.54) is 13.3 Å². The predicted octanol–water partition coefficient (Wildman–Crippen LogP) is 3.47. The number of ether oxygens (including phenoxy) is 2. The molecule has 2 N–H and O–H groups in total. The molecule has 0 aliphatic carbocycles. The normalized spacial score (nSPS) is 12.1. The highest BCUT2D eigenvalue weighted by atomic mass is 16.5.